The maximum Gasteiger partial charge on any atom is 0.124 e. The van der Waals surface area contributed by atoms with Crippen LogP contribution in [0.4, 0.5) is 4.39 Å². The van der Waals surface area contributed by atoms with E-state index in [4.69, 9.17) is 11.6 Å². The fourth-order valence-corrected chi connectivity index (χ4v) is 3.17. The summed E-state index contributed by atoms with van der Waals surface area (Å²) in [4.78, 5) is 0. The molecule has 0 amide bonds. The molecule has 0 aliphatic rings. The van der Waals surface area contributed by atoms with Crippen LogP contribution >= 0.6 is 56.8 Å². The Bertz CT molecular complexity index is 294. The third-order valence-corrected chi connectivity index (χ3v) is 3.08. The third-order valence-electron chi connectivity index (χ3n) is 1.40. The summed E-state index contributed by atoms with van der Waals surface area (Å²) in [5, 5.41) is 0. The van der Waals surface area contributed by atoms with Gasteiger partial charge in [-0.25, -0.2) is 4.39 Å². The van der Waals surface area contributed by atoms with Crippen LogP contribution in [-0.2, 0) is 2.88 Å². The van der Waals surface area contributed by atoms with Gasteiger partial charge in [-0.1, -0.05) is 28.7 Å². The molecule has 12 heavy (non-hydrogen) atoms. The van der Waals surface area contributed by atoms with Gasteiger partial charge in [0.05, 0.1) is 0 Å². The van der Waals surface area contributed by atoms with Crippen LogP contribution in [0.3, 0.4) is 0 Å². The molecular weight excluding hydrogens is 404 g/mol. The van der Waals surface area contributed by atoms with Gasteiger partial charge in [0, 0.05) is 3.57 Å². The van der Waals surface area contributed by atoms with E-state index in [1.54, 1.807) is 6.07 Å². The van der Waals surface area contributed by atoms with E-state index >= 15 is 0 Å². The zero-order chi connectivity index (χ0) is 9.35. The van der Waals surface area contributed by atoms with Gasteiger partial charge >= 0.3 is 0 Å². The lowest BCUT2D eigenvalue weighted by Gasteiger charge is -2.15. The van der Waals surface area contributed by atoms with E-state index in [0.29, 0.717) is 0 Å². The lowest BCUT2D eigenvalue weighted by atomic mass is 10.2. The molecule has 1 rings (SSSR count). The van der Waals surface area contributed by atoms with Crippen LogP contribution in [0.5, 0.6) is 0 Å². The summed E-state index contributed by atoms with van der Waals surface area (Å²) in [5.74, 6) is -0.222. The molecule has 0 bridgehead atoms. The van der Waals surface area contributed by atoms with Gasteiger partial charge in [0.25, 0.3) is 0 Å². The van der Waals surface area contributed by atoms with Gasteiger partial charge in [0.1, 0.15) is 8.70 Å². The molecule has 1 unspecified atom stereocenters. The smallest absolute Gasteiger partial charge is 0.124 e. The van der Waals surface area contributed by atoms with E-state index in [1.807, 2.05) is 6.92 Å². The minimum Gasteiger partial charge on any atom is -0.207 e. The van der Waals surface area contributed by atoms with Crippen molar-refractivity contribution in [2.75, 3.05) is 0 Å². The fourth-order valence-electron chi connectivity index (χ4n) is 0.845. The number of benzene rings is 1. The Morgan fingerprint density at radius 3 is 2.50 bits per heavy atom. The molecule has 0 nitrogen and oxygen atoms in total. The molecular formula is C8H6ClFI2. The Balaban J connectivity index is 3.19. The summed E-state index contributed by atoms with van der Waals surface area (Å²) in [7, 11) is 0. The molecule has 0 spiro atoms. The van der Waals surface area contributed by atoms with E-state index in [1.165, 1.54) is 12.1 Å². The molecule has 66 valence electrons. The zero-order valence-corrected chi connectivity index (χ0v) is 11.3. The van der Waals surface area contributed by atoms with Crippen LogP contribution in [0.2, 0.25) is 0 Å². The first kappa shape index (κ1) is 11.0. The third kappa shape index (κ3) is 2.70. The van der Waals surface area contributed by atoms with Crippen molar-refractivity contribution < 1.29 is 4.39 Å². The summed E-state index contributed by atoms with van der Waals surface area (Å²) in [6, 6.07) is 4.63. The van der Waals surface area contributed by atoms with Crippen molar-refractivity contribution in [3.05, 3.63) is 33.1 Å². The Morgan fingerprint density at radius 1 is 1.50 bits per heavy atom. The summed E-state index contributed by atoms with van der Waals surface area (Å²) < 4.78 is 13.1. The molecule has 1 aromatic rings. The second-order valence-corrected chi connectivity index (χ2v) is 7.23. The highest BCUT2D eigenvalue weighted by Gasteiger charge is 2.21. The highest BCUT2D eigenvalue weighted by Crippen LogP contribution is 2.38. The molecule has 0 aliphatic heterocycles. The predicted molar refractivity (Wildman–Crippen MR) is 66.3 cm³/mol. The van der Waals surface area contributed by atoms with Crippen molar-refractivity contribution in [3.8, 4) is 0 Å². The van der Waals surface area contributed by atoms with Gasteiger partial charge < -0.3 is 0 Å². The quantitative estimate of drug-likeness (QED) is 0.479. The van der Waals surface area contributed by atoms with E-state index in [0.717, 1.165) is 9.13 Å². The van der Waals surface area contributed by atoms with Crippen molar-refractivity contribution >= 4 is 56.8 Å². The molecule has 0 aliphatic carbocycles. The molecule has 1 atom stereocenters. The van der Waals surface area contributed by atoms with Gasteiger partial charge in [-0.05, 0) is 47.2 Å². The molecule has 0 radical (unpaired) electrons. The van der Waals surface area contributed by atoms with Gasteiger partial charge in [-0.3, -0.25) is 0 Å². The largest absolute Gasteiger partial charge is 0.207 e. The summed E-state index contributed by atoms with van der Waals surface area (Å²) in [6.45, 7) is 1.88. The van der Waals surface area contributed by atoms with Crippen LogP contribution in [0.25, 0.3) is 0 Å². The zero-order valence-electron chi connectivity index (χ0n) is 6.24. The maximum atomic E-state index is 12.7. The van der Waals surface area contributed by atoms with Crippen molar-refractivity contribution in [1.29, 1.82) is 0 Å². The average Bonchev–Trinajstić information content (AvgIpc) is 1.83. The highest BCUT2D eigenvalue weighted by atomic mass is 127. The highest BCUT2D eigenvalue weighted by molar-refractivity contribution is 14.1. The average molecular weight is 410 g/mol. The van der Waals surface area contributed by atoms with E-state index in [9.17, 15) is 4.39 Å². The van der Waals surface area contributed by atoms with Crippen molar-refractivity contribution in [1.82, 2.24) is 0 Å². The van der Waals surface area contributed by atoms with E-state index in [-0.39, 0.29) is 5.82 Å². The molecule has 0 saturated carbocycles. The first-order chi connectivity index (χ1) is 5.41. The number of alkyl halides is 2. The fraction of sp³-hybridized carbons (Fsp3) is 0.250. The summed E-state index contributed by atoms with van der Waals surface area (Å²) in [6.07, 6.45) is 0. The Labute approximate surface area is 103 Å². The van der Waals surface area contributed by atoms with Crippen LogP contribution in [0, 0.1) is 9.39 Å². The molecule has 0 saturated heterocycles. The first-order valence-electron chi connectivity index (χ1n) is 3.24. The lowest BCUT2D eigenvalue weighted by molar-refractivity contribution is 0.625. The molecule has 0 N–H and O–H groups in total. The van der Waals surface area contributed by atoms with Gasteiger partial charge in [-0.2, -0.15) is 0 Å². The Hall–Kier alpha value is 0.900. The summed E-state index contributed by atoms with van der Waals surface area (Å²) >= 11 is 10.3. The monoisotopic (exact) mass is 410 g/mol. The van der Waals surface area contributed by atoms with Crippen molar-refractivity contribution in [2.45, 2.75) is 9.80 Å². The minimum absolute atomic E-state index is 0.222. The van der Waals surface area contributed by atoms with Crippen LogP contribution in [-0.4, -0.2) is 0 Å². The topological polar surface area (TPSA) is 0 Å². The number of hydrogen-bond donors (Lipinski definition) is 0. The Morgan fingerprint density at radius 2 is 2.08 bits per heavy atom. The van der Waals surface area contributed by atoms with Crippen molar-refractivity contribution in [2.24, 2.45) is 0 Å². The predicted octanol–water partition coefficient (Wildman–Crippen LogP) is 4.28. The molecule has 1 aromatic carbocycles. The molecule has 0 fully saturated rings. The second-order valence-electron chi connectivity index (χ2n) is 2.51. The molecule has 0 aromatic heterocycles. The standard InChI is InChI=1S/C8H6ClFI2/c1-8(9,12)6-3-2-5(10)4-7(6)11/h2-4H,1H3. The van der Waals surface area contributed by atoms with Gasteiger partial charge in [-0.15, -0.1) is 11.6 Å². The van der Waals surface area contributed by atoms with Gasteiger partial charge in [0.15, 0.2) is 0 Å². The van der Waals surface area contributed by atoms with E-state index in [2.05, 4.69) is 45.2 Å². The SMILES string of the molecule is CC(Cl)(I)c1ccc(F)cc1I. The maximum absolute atomic E-state index is 12.7. The van der Waals surface area contributed by atoms with Crippen LogP contribution < -0.4 is 0 Å². The minimum atomic E-state index is -0.456. The first-order valence-corrected chi connectivity index (χ1v) is 5.78. The normalized spacial score (nSPS) is 15.8. The van der Waals surface area contributed by atoms with Gasteiger partial charge in [0.2, 0.25) is 0 Å². The Kier molecular flexibility index (Phi) is 3.62. The number of hydrogen-bond acceptors (Lipinski definition) is 0. The lowest BCUT2D eigenvalue weighted by Crippen LogP contribution is -2.05. The second kappa shape index (κ2) is 3.96. The number of halogens is 4. The number of rotatable bonds is 1. The summed E-state index contributed by atoms with van der Waals surface area (Å²) in [5.41, 5.74) is 0.951. The van der Waals surface area contributed by atoms with E-state index < -0.39 is 2.88 Å². The van der Waals surface area contributed by atoms with Crippen molar-refractivity contribution in [3.63, 3.8) is 0 Å². The molecule has 4 heteroatoms. The molecule has 0 heterocycles. The van der Waals surface area contributed by atoms with Crippen LogP contribution in [0.15, 0.2) is 18.2 Å². The van der Waals surface area contributed by atoms with Crippen LogP contribution in [0.1, 0.15) is 12.5 Å².